The standard InChI is InChI=1S/C24H25N3O3S/c1-14(2)22(29)25-17-10-8-16(9-11-17)21(28)15(3)31-24-26-20-7-5-4-6-19(20)23(30)27(24)18-12-13-18/h4-11,14-15,18H,12-13H2,1-3H3,(H,25,29). The molecule has 1 fully saturated rings. The molecule has 160 valence electrons. The molecule has 1 saturated carbocycles. The largest absolute Gasteiger partial charge is 0.326 e. The zero-order valence-electron chi connectivity index (χ0n) is 17.8. The van der Waals surface area contributed by atoms with Crippen molar-refractivity contribution in [2.75, 3.05) is 5.32 Å². The number of carbonyl (C=O) groups is 2. The van der Waals surface area contributed by atoms with E-state index in [0.717, 1.165) is 12.8 Å². The summed E-state index contributed by atoms with van der Waals surface area (Å²) >= 11 is 1.32. The third-order valence-electron chi connectivity index (χ3n) is 5.30. The highest BCUT2D eigenvalue weighted by Gasteiger charge is 2.30. The first-order chi connectivity index (χ1) is 14.8. The van der Waals surface area contributed by atoms with Crippen LogP contribution in [0.15, 0.2) is 58.5 Å². The first kappa shape index (κ1) is 21.3. The highest BCUT2D eigenvalue weighted by Crippen LogP contribution is 2.38. The van der Waals surface area contributed by atoms with Crippen molar-refractivity contribution in [3.05, 3.63) is 64.4 Å². The first-order valence-corrected chi connectivity index (χ1v) is 11.4. The zero-order chi connectivity index (χ0) is 22.1. The molecule has 1 aliphatic carbocycles. The summed E-state index contributed by atoms with van der Waals surface area (Å²) in [5, 5.41) is 3.61. The SMILES string of the molecule is CC(C)C(=O)Nc1ccc(C(=O)C(C)Sc2nc3ccccc3c(=O)n2C2CC2)cc1. The molecule has 0 bridgehead atoms. The number of para-hydroxylation sites is 1. The maximum absolute atomic E-state index is 13.0. The Balaban J connectivity index is 1.55. The van der Waals surface area contributed by atoms with Gasteiger partial charge in [-0.05, 0) is 56.2 Å². The van der Waals surface area contributed by atoms with Crippen LogP contribution in [0.25, 0.3) is 10.9 Å². The molecule has 1 unspecified atom stereocenters. The molecular weight excluding hydrogens is 410 g/mol. The summed E-state index contributed by atoms with van der Waals surface area (Å²) < 4.78 is 1.75. The summed E-state index contributed by atoms with van der Waals surface area (Å²) in [5.41, 5.74) is 1.83. The first-order valence-electron chi connectivity index (χ1n) is 10.5. The number of rotatable bonds is 7. The topological polar surface area (TPSA) is 81.1 Å². The second kappa shape index (κ2) is 8.67. The molecule has 4 rings (SSSR count). The fourth-order valence-corrected chi connectivity index (χ4v) is 4.37. The van der Waals surface area contributed by atoms with Crippen molar-refractivity contribution in [2.24, 2.45) is 5.92 Å². The Morgan fingerprint density at radius 3 is 2.39 bits per heavy atom. The molecule has 31 heavy (non-hydrogen) atoms. The van der Waals surface area contributed by atoms with E-state index < -0.39 is 5.25 Å². The monoisotopic (exact) mass is 435 g/mol. The van der Waals surface area contributed by atoms with Gasteiger partial charge in [0.15, 0.2) is 10.9 Å². The number of nitrogens with one attached hydrogen (secondary N) is 1. The van der Waals surface area contributed by atoms with Crippen LogP contribution < -0.4 is 10.9 Å². The van der Waals surface area contributed by atoms with Crippen LogP contribution in [0.3, 0.4) is 0 Å². The summed E-state index contributed by atoms with van der Waals surface area (Å²) in [7, 11) is 0. The smallest absolute Gasteiger partial charge is 0.262 e. The Morgan fingerprint density at radius 2 is 1.74 bits per heavy atom. The van der Waals surface area contributed by atoms with E-state index in [1.54, 1.807) is 34.9 Å². The van der Waals surface area contributed by atoms with Crippen molar-refractivity contribution in [3.8, 4) is 0 Å². The van der Waals surface area contributed by atoms with Crippen LogP contribution in [0.4, 0.5) is 5.69 Å². The molecule has 6 nitrogen and oxygen atoms in total. The van der Waals surface area contributed by atoms with Crippen molar-refractivity contribution in [1.29, 1.82) is 0 Å². The molecule has 1 aromatic heterocycles. The van der Waals surface area contributed by atoms with Crippen molar-refractivity contribution in [3.63, 3.8) is 0 Å². The van der Waals surface area contributed by atoms with Crippen LogP contribution in [0, 0.1) is 5.92 Å². The number of carbonyl (C=O) groups excluding carboxylic acids is 2. The van der Waals surface area contributed by atoms with Crippen molar-refractivity contribution >= 4 is 40.0 Å². The summed E-state index contributed by atoms with van der Waals surface area (Å²) in [4.78, 5) is 42.6. The van der Waals surface area contributed by atoms with E-state index in [4.69, 9.17) is 4.98 Å². The molecule has 1 N–H and O–H groups in total. The van der Waals surface area contributed by atoms with Gasteiger partial charge in [0.1, 0.15) is 0 Å². The van der Waals surface area contributed by atoms with Gasteiger partial charge in [-0.25, -0.2) is 4.98 Å². The van der Waals surface area contributed by atoms with Crippen LogP contribution in [-0.2, 0) is 4.79 Å². The van der Waals surface area contributed by atoms with E-state index in [1.165, 1.54) is 11.8 Å². The third-order valence-corrected chi connectivity index (χ3v) is 6.37. The van der Waals surface area contributed by atoms with Gasteiger partial charge < -0.3 is 5.32 Å². The minimum absolute atomic E-state index is 0.0412. The molecule has 0 spiro atoms. The van der Waals surface area contributed by atoms with Gasteiger partial charge in [0, 0.05) is 23.2 Å². The maximum atomic E-state index is 13.0. The predicted octanol–water partition coefficient (Wildman–Crippen LogP) is 4.69. The van der Waals surface area contributed by atoms with E-state index in [9.17, 15) is 14.4 Å². The fraction of sp³-hybridized carbons (Fsp3) is 0.333. The number of aromatic nitrogens is 2. The van der Waals surface area contributed by atoms with Gasteiger partial charge in [0.2, 0.25) is 5.91 Å². The Kier molecular flexibility index (Phi) is 5.96. The number of hydrogen-bond donors (Lipinski definition) is 1. The Labute approximate surface area is 185 Å². The van der Waals surface area contributed by atoms with Crippen molar-refractivity contribution in [2.45, 2.75) is 50.1 Å². The minimum Gasteiger partial charge on any atom is -0.326 e. The lowest BCUT2D eigenvalue weighted by atomic mass is 10.1. The van der Waals surface area contributed by atoms with E-state index in [0.29, 0.717) is 27.3 Å². The van der Waals surface area contributed by atoms with Crippen molar-refractivity contribution < 1.29 is 9.59 Å². The number of hydrogen-bond acceptors (Lipinski definition) is 5. The minimum atomic E-state index is -0.408. The molecule has 3 aromatic rings. The zero-order valence-corrected chi connectivity index (χ0v) is 18.6. The van der Waals surface area contributed by atoms with Crippen LogP contribution in [-0.4, -0.2) is 26.5 Å². The second-order valence-electron chi connectivity index (χ2n) is 8.16. The molecule has 0 radical (unpaired) electrons. The Bertz CT molecular complexity index is 1200. The molecular formula is C24H25N3O3S. The summed E-state index contributed by atoms with van der Waals surface area (Å²) in [5.74, 6) is -0.226. The molecule has 1 amide bonds. The predicted molar refractivity (Wildman–Crippen MR) is 124 cm³/mol. The number of ketones is 1. The number of fused-ring (bicyclic) bond motifs is 1. The van der Waals surface area contributed by atoms with Gasteiger partial charge in [-0.1, -0.05) is 37.7 Å². The number of amides is 1. The third kappa shape index (κ3) is 4.56. The molecule has 1 heterocycles. The van der Waals surface area contributed by atoms with E-state index >= 15 is 0 Å². The summed E-state index contributed by atoms with van der Waals surface area (Å²) in [6.45, 7) is 5.49. The molecule has 1 atom stereocenters. The lowest BCUT2D eigenvalue weighted by molar-refractivity contribution is -0.118. The summed E-state index contributed by atoms with van der Waals surface area (Å²) in [6.07, 6.45) is 1.92. The maximum Gasteiger partial charge on any atom is 0.262 e. The average molecular weight is 436 g/mol. The van der Waals surface area contributed by atoms with Gasteiger partial charge in [-0.3, -0.25) is 19.0 Å². The number of thioether (sulfide) groups is 1. The van der Waals surface area contributed by atoms with Crippen LogP contribution >= 0.6 is 11.8 Å². The second-order valence-corrected chi connectivity index (χ2v) is 9.47. The van der Waals surface area contributed by atoms with Gasteiger partial charge in [-0.15, -0.1) is 0 Å². The Hall–Kier alpha value is -2.93. The lowest BCUT2D eigenvalue weighted by Gasteiger charge is -2.16. The van der Waals surface area contributed by atoms with Crippen molar-refractivity contribution in [1.82, 2.24) is 9.55 Å². The number of nitrogens with zero attached hydrogens (tertiary/aromatic N) is 2. The van der Waals surface area contributed by atoms with Crippen LogP contribution in [0.5, 0.6) is 0 Å². The van der Waals surface area contributed by atoms with Crippen LogP contribution in [0.2, 0.25) is 0 Å². The van der Waals surface area contributed by atoms with E-state index in [-0.39, 0.29) is 29.2 Å². The summed E-state index contributed by atoms with van der Waals surface area (Å²) in [6, 6.07) is 14.4. The van der Waals surface area contributed by atoms with Gasteiger partial charge in [0.05, 0.1) is 16.2 Å². The molecule has 2 aromatic carbocycles. The molecule has 0 aliphatic heterocycles. The highest BCUT2D eigenvalue weighted by molar-refractivity contribution is 8.00. The normalized spacial score (nSPS) is 14.6. The number of anilines is 1. The molecule has 7 heteroatoms. The van der Waals surface area contributed by atoms with Gasteiger partial charge >= 0.3 is 0 Å². The average Bonchev–Trinajstić information content (AvgIpc) is 3.59. The molecule has 0 saturated heterocycles. The van der Waals surface area contributed by atoms with E-state index in [1.807, 2.05) is 39.0 Å². The number of benzene rings is 2. The lowest BCUT2D eigenvalue weighted by Crippen LogP contribution is -2.24. The fourth-order valence-electron chi connectivity index (χ4n) is 3.31. The van der Waals surface area contributed by atoms with Gasteiger partial charge in [0.25, 0.3) is 5.56 Å². The number of Topliss-reactive ketones (excluding diaryl/α,β-unsaturated/α-hetero) is 1. The Morgan fingerprint density at radius 1 is 1.06 bits per heavy atom. The van der Waals surface area contributed by atoms with Crippen LogP contribution in [0.1, 0.15) is 50.0 Å². The quantitative estimate of drug-likeness (QED) is 0.331. The highest BCUT2D eigenvalue weighted by atomic mass is 32.2. The van der Waals surface area contributed by atoms with Gasteiger partial charge in [-0.2, -0.15) is 0 Å². The molecule has 1 aliphatic rings. The van der Waals surface area contributed by atoms with E-state index in [2.05, 4.69) is 5.32 Å².